The second kappa shape index (κ2) is 6.47. The minimum atomic E-state index is -0.318. The summed E-state index contributed by atoms with van der Waals surface area (Å²) in [5, 5.41) is 2.90. The summed E-state index contributed by atoms with van der Waals surface area (Å²) in [6.45, 7) is 2.18. The lowest BCUT2D eigenvalue weighted by Gasteiger charge is -2.28. The highest BCUT2D eigenvalue weighted by Gasteiger charge is 2.13. The van der Waals surface area contributed by atoms with E-state index < -0.39 is 0 Å². The van der Waals surface area contributed by atoms with E-state index >= 15 is 0 Å². The highest BCUT2D eigenvalue weighted by molar-refractivity contribution is 6.11. The SMILES string of the molecule is O=C(Nc1ccc(N2CCCCC2)cc1)c1cccc2[nH]c(=O)[nH]c12. The smallest absolute Gasteiger partial charge is 0.323 e. The second-order valence-electron chi connectivity index (χ2n) is 6.36. The van der Waals surface area contributed by atoms with E-state index in [1.807, 2.05) is 24.3 Å². The molecule has 0 spiro atoms. The monoisotopic (exact) mass is 336 g/mol. The molecule has 4 rings (SSSR count). The summed E-state index contributed by atoms with van der Waals surface area (Å²) in [5.74, 6) is -0.244. The van der Waals surface area contributed by atoms with Crippen molar-refractivity contribution in [3.63, 3.8) is 0 Å². The molecule has 1 amide bonds. The highest BCUT2D eigenvalue weighted by Crippen LogP contribution is 2.22. The maximum absolute atomic E-state index is 12.6. The number of nitrogens with one attached hydrogen (secondary N) is 3. The molecule has 0 radical (unpaired) electrons. The van der Waals surface area contributed by atoms with Crippen LogP contribution in [0.5, 0.6) is 0 Å². The first kappa shape index (κ1) is 15.5. The van der Waals surface area contributed by atoms with Gasteiger partial charge in [-0.1, -0.05) is 6.07 Å². The molecule has 6 nitrogen and oxygen atoms in total. The van der Waals surface area contributed by atoms with Crippen LogP contribution >= 0.6 is 0 Å². The maximum atomic E-state index is 12.6. The predicted molar refractivity (Wildman–Crippen MR) is 99.4 cm³/mol. The van der Waals surface area contributed by atoms with Gasteiger partial charge in [0.1, 0.15) is 0 Å². The normalized spacial score (nSPS) is 14.6. The molecule has 6 heteroatoms. The van der Waals surface area contributed by atoms with Crippen molar-refractivity contribution in [3.05, 3.63) is 58.5 Å². The van der Waals surface area contributed by atoms with E-state index in [1.54, 1.807) is 18.2 Å². The average Bonchev–Trinajstić information content (AvgIpc) is 3.03. The van der Waals surface area contributed by atoms with E-state index in [0.717, 1.165) is 18.8 Å². The quantitative estimate of drug-likeness (QED) is 0.687. The predicted octanol–water partition coefficient (Wildman–Crippen LogP) is 3.10. The van der Waals surface area contributed by atoms with Gasteiger partial charge in [0.2, 0.25) is 0 Å². The van der Waals surface area contributed by atoms with Crippen molar-refractivity contribution < 1.29 is 4.79 Å². The van der Waals surface area contributed by atoms with Crippen LogP contribution in [0.15, 0.2) is 47.3 Å². The Morgan fingerprint density at radius 3 is 2.48 bits per heavy atom. The number of rotatable bonds is 3. The summed E-state index contributed by atoms with van der Waals surface area (Å²) in [6.07, 6.45) is 3.77. The van der Waals surface area contributed by atoms with Gasteiger partial charge in [-0.15, -0.1) is 0 Å². The summed E-state index contributed by atoms with van der Waals surface area (Å²) in [7, 11) is 0. The Labute approximate surface area is 144 Å². The Morgan fingerprint density at radius 2 is 1.72 bits per heavy atom. The number of para-hydroxylation sites is 1. The number of piperidine rings is 1. The molecule has 2 heterocycles. The van der Waals surface area contributed by atoms with Crippen molar-refractivity contribution in [1.29, 1.82) is 0 Å². The highest BCUT2D eigenvalue weighted by atomic mass is 16.2. The van der Waals surface area contributed by atoms with Crippen molar-refractivity contribution in [2.75, 3.05) is 23.3 Å². The molecule has 1 aliphatic rings. The van der Waals surface area contributed by atoms with E-state index in [1.165, 1.54) is 24.9 Å². The molecular formula is C19H20N4O2. The van der Waals surface area contributed by atoms with Gasteiger partial charge in [0.05, 0.1) is 16.6 Å². The molecule has 2 aromatic carbocycles. The molecular weight excluding hydrogens is 316 g/mol. The molecule has 3 N–H and O–H groups in total. The lowest BCUT2D eigenvalue weighted by molar-refractivity contribution is 0.102. The molecule has 128 valence electrons. The van der Waals surface area contributed by atoms with Gasteiger partial charge in [0, 0.05) is 24.5 Å². The molecule has 0 unspecified atom stereocenters. The first-order valence-corrected chi connectivity index (χ1v) is 8.58. The van der Waals surface area contributed by atoms with E-state index in [9.17, 15) is 9.59 Å². The number of imidazole rings is 1. The van der Waals surface area contributed by atoms with Crippen LogP contribution in [0.3, 0.4) is 0 Å². The van der Waals surface area contributed by atoms with Gasteiger partial charge in [-0.3, -0.25) is 4.79 Å². The molecule has 1 aliphatic heterocycles. The summed E-state index contributed by atoms with van der Waals surface area (Å²) in [6, 6.07) is 13.1. The molecule has 1 saturated heterocycles. The first-order chi connectivity index (χ1) is 12.2. The molecule has 3 aromatic rings. The fourth-order valence-corrected chi connectivity index (χ4v) is 3.35. The van der Waals surface area contributed by atoms with Crippen LogP contribution in [0.25, 0.3) is 11.0 Å². The number of carbonyl (C=O) groups excluding carboxylic acids is 1. The number of anilines is 2. The van der Waals surface area contributed by atoms with E-state index in [4.69, 9.17) is 0 Å². The van der Waals surface area contributed by atoms with Gasteiger partial charge >= 0.3 is 5.69 Å². The Hall–Kier alpha value is -3.02. The number of nitrogens with zero attached hydrogens (tertiary/aromatic N) is 1. The van der Waals surface area contributed by atoms with Crippen molar-refractivity contribution in [2.24, 2.45) is 0 Å². The van der Waals surface area contributed by atoms with Crippen molar-refractivity contribution in [3.8, 4) is 0 Å². The Bertz CT molecular complexity index is 949. The summed E-state index contributed by atoms with van der Waals surface area (Å²) < 4.78 is 0. The number of aromatic amines is 2. The summed E-state index contributed by atoms with van der Waals surface area (Å²) in [5.41, 5.74) is 3.19. The molecule has 0 atom stereocenters. The number of H-pyrrole nitrogens is 2. The van der Waals surface area contributed by atoms with E-state index in [2.05, 4.69) is 20.2 Å². The van der Waals surface area contributed by atoms with Gasteiger partial charge in [-0.25, -0.2) is 4.79 Å². The third-order valence-corrected chi connectivity index (χ3v) is 4.64. The maximum Gasteiger partial charge on any atom is 0.323 e. The number of amides is 1. The fraction of sp³-hybridized carbons (Fsp3) is 0.263. The van der Waals surface area contributed by atoms with Gasteiger partial charge in [-0.2, -0.15) is 0 Å². The average molecular weight is 336 g/mol. The van der Waals surface area contributed by atoms with Gasteiger partial charge < -0.3 is 20.2 Å². The van der Waals surface area contributed by atoms with Crippen LogP contribution in [-0.4, -0.2) is 29.0 Å². The third kappa shape index (κ3) is 3.15. The van der Waals surface area contributed by atoms with Gasteiger partial charge in [0.15, 0.2) is 0 Å². The van der Waals surface area contributed by atoms with Crippen LogP contribution < -0.4 is 15.9 Å². The van der Waals surface area contributed by atoms with Gasteiger partial charge in [0.25, 0.3) is 5.91 Å². The van der Waals surface area contributed by atoms with Crippen molar-refractivity contribution in [1.82, 2.24) is 9.97 Å². The largest absolute Gasteiger partial charge is 0.372 e. The topological polar surface area (TPSA) is 81.0 Å². The molecule has 1 aromatic heterocycles. The number of hydrogen-bond donors (Lipinski definition) is 3. The molecule has 0 bridgehead atoms. The fourth-order valence-electron chi connectivity index (χ4n) is 3.35. The summed E-state index contributed by atoms with van der Waals surface area (Å²) >= 11 is 0. The Balaban J connectivity index is 1.53. The number of benzene rings is 2. The zero-order valence-corrected chi connectivity index (χ0v) is 13.8. The molecule has 25 heavy (non-hydrogen) atoms. The number of aromatic nitrogens is 2. The lowest BCUT2D eigenvalue weighted by atomic mass is 10.1. The number of carbonyl (C=O) groups is 1. The van der Waals surface area contributed by atoms with Crippen LogP contribution in [0.4, 0.5) is 11.4 Å². The Kier molecular flexibility index (Phi) is 4.01. The van der Waals surface area contributed by atoms with Crippen LogP contribution in [0, 0.1) is 0 Å². The zero-order valence-electron chi connectivity index (χ0n) is 13.8. The number of fused-ring (bicyclic) bond motifs is 1. The number of hydrogen-bond acceptors (Lipinski definition) is 3. The second-order valence-corrected chi connectivity index (χ2v) is 6.36. The molecule has 0 aliphatic carbocycles. The van der Waals surface area contributed by atoms with Crippen molar-refractivity contribution in [2.45, 2.75) is 19.3 Å². The minimum Gasteiger partial charge on any atom is -0.372 e. The molecule has 0 saturated carbocycles. The van der Waals surface area contributed by atoms with Crippen LogP contribution in [-0.2, 0) is 0 Å². The van der Waals surface area contributed by atoms with Crippen molar-refractivity contribution >= 4 is 28.3 Å². The minimum absolute atomic E-state index is 0.244. The van der Waals surface area contributed by atoms with E-state index in [0.29, 0.717) is 16.6 Å². The molecule has 1 fully saturated rings. The zero-order chi connectivity index (χ0) is 17.2. The lowest BCUT2D eigenvalue weighted by Crippen LogP contribution is -2.29. The Morgan fingerprint density at radius 1 is 0.960 bits per heavy atom. The third-order valence-electron chi connectivity index (χ3n) is 4.64. The van der Waals surface area contributed by atoms with Gasteiger partial charge in [-0.05, 0) is 55.7 Å². The standard InChI is InChI=1S/C19H20N4O2/c24-18(15-5-4-6-16-17(15)22-19(25)21-16)20-13-7-9-14(10-8-13)23-11-2-1-3-12-23/h4-10H,1-3,11-12H2,(H,20,24)(H2,21,22,25). The van der Waals surface area contributed by atoms with Crippen LogP contribution in [0.2, 0.25) is 0 Å². The first-order valence-electron chi connectivity index (χ1n) is 8.58. The van der Waals surface area contributed by atoms with E-state index in [-0.39, 0.29) is 11.6 Å². The summed E-state index contributed by atoms with van der Waals surface area (Å²) in [4.78, 5) is 31.7. The van der Waals surface area contributed by atoms with Crippen LogP contribution in [0.1, 0.15) is 29.6 Å².